The molecule has 0 unspecified atom stereocenters. The van der Waals surface area contributed by atoms with Gasteiger partial charge in [0.15, 0.2) is 3.79 Å². The first-order valence-corrected chi connectivity index (χ1v) is 4.64. The van der Waals surface area contributed by atoms with Crippen LogP contribution >= 0.6 is 34.8 Å². The highest BCUT2D eigenvalue weighted by molar-refractivity contribution is 6.67. The van der Waals surface area contributed by atoms with E-state index in [2.05, 4.69) is 4.98 Å². The normalized spacial score (nSPS) is 11.2. The van der Waals surface area contributed by atoms with Gasteiger partial charge in [-0.2, -0.15) is 5.26 Å². The Balaban J connectivity index is 2.61. The molecule has 70 valence electrons. The molecule has 0 N–H and O–H groups in total. The van der Waals surface area contributed by atoms with Gasteiger partial charge in [0.25, 0.3) is 0 Å². The second-order valence-corrected chi connectivity index (χ2v) is 4.94. The van der Waals surface area contributed by atoms with Crippen LogP contribution in [0.3, 0.4) is 0 Å². The predicted molar refractivity (Wildman–Crippen MR) is 51.8 cm³/mol. The molecule has 0 spiro atoms. The Bertz CT molecular complexity index is 320. The van der Waals surface area contributed by atoms with Crippen LogP contribution in [0.15, 0.2) is 12.4 Å². The van der Waals surface area contributed by atoms with Gasteiger partial charge in [0.05, 0.1) is 0 Å². The van der Waals surface area contributed by atoms with Gasteiger partial charge >= 0.3 is 0 Å². The summed E-state index contributed by atoms with van der Waals surface area (Å²) >= 11 is 16.7. The molecule has 3 nitrogen and oxygen atoms in total. The molecule has 0 aliphatic heterocycles. The molecule has 0 aromatic carbocycles. The summed E-state index contributed by atoms with van der Waals surface area (Å²) < 4.78 is 0.360. The largest absolute Gasteiger partial charge is 0.322 e. The molecule has 0 saturated heterocycles. The Morgan fingerprint density at radius 2 is 2.23 bits per heavy atom. The van der Waals surface area contributed by atoms with Crippen molar-refractivity contribution in [2.45, 2.75) is 16.8 Å². The molecule has 0 amide bonds. The first-order valence-electron chi connectivity index (χ1n) is 3.51. The third kappa shape index (κ3) is 3.43. The van der Waals surface area contributed by atoms with Gasteiger partial charge in [-0.15, -0.1) is 0 Å². The predicted octanol–water partition coefficient (Wildman–Crippen LogP) is 2.52. The molecule has 1 aromatic heterocycles. The number of halogens is 3. The van der Waals surface area contributed by atoms with Crippen molar-refractivity contribution >= 4 is 34.8 Å². The maximum Gasteiger partial charge on any atom is 0.212 e. The Morgan fingerprint density at radius 3 is 2.77 bits per heavy atom. The van der Waals surface area contributed by atoms with Gasteiger partial charge in [0.1, 0.15) is 6.07 Å². The van der Waals surface area contributed by atoms with E-state index in [1.165, 1.54) is 6.20 Å². The van der Waals surface area contributed by atoms with Crippen LogP contribution in [-0.4, -0.2) is 13.3 Å². The summed E-state index contributed by atoms with van der Waals surface area (Å²) in [5.74, 6) is 0.328. The van der Waals surface area contributed by atoms with Crippen LogP contribution in [0, 0.1) is 11.3 Å². The molecular weight excluding hydrogens is 232 g/mol. The van der Waals surface area contributed by atoms with Crippen molar-refractivity contribution in [2.75, 3.05) is 0 Å². The SMILES string of the molecule is N#Cc1nccn1CCC(Cl)(Cl)Cl. The van der Waals surface area contributed by atoms with Crippen molar-refractivity contribution in [3.05, 3.63) is 18.2 Å². The zero-order chi connectivity index (χ0) is 9.90. The van der Waals surface area contributed by atoms with Crippen LogP contribution in [0.5, 0.6) is 0 Å². The number of hydrogen-bond donors (Lipinski definition) is 0. The fourth-order valence-corrected chi connectivity index (χ4v) is 1.10. The zero-order valence-corrected chi connectivity index (χ0v) is 8.81. The highest BCUT2D eigenvalue weighted by atomic mass is 35.6. The monoisotopic (exact) mass is 237 g/mol. The van der Waals surface area contributed by atoms with Crippen LogP contribution in [0.4, 0.5) is 0 Å². The molecule has 13 heavy (non-hydrogen) atoms. The highest BCUT2D eigenvalue weighted by Gasteiger charge is 2.19. The topological polar surface area (TPSA) is 41.6 Å². The van der Waals surface area contributed by atoms with Crippen LogP contribution < -0.4 is 0 Å². The van der Waals surface area contributed by atoms with Crippen molar-refractivity contribution < 1.29 is 0 Å². The Labute approximate surface area is 90.8 Å². The van der Waals surface area contributed by atoms with E-state index < -0.39 is 3.79 Å². The van der Waals surface area contributed by atoms with E-state index in [4.69, 9.17) is 40.1 Å². The van der Waals surface area contributed by atoms with Crippen LogP contribution in [0.1, 0.15) is 12.2 Å². The van der Waals surface area contributed by atoms with Gasteiger partial charge in [0, 0.05) is 25.4 Å². The molecule has 6 heteroatoms. The Hall–Kier alpha value is -0.430. The molecule has 1 aromatic rings. The molecule has 0 aliphatic rings. The number of imidazole rings is 1. The summed E-state index contributed by atoms with van der Waals surface area (Å²) in [7, 11) is 0. The lowest BCUT2D eigenvalue weighted by atomic mass is 10.4. The number of nitrogens with zero attached hydrogens (tertiary/aromatic N) is 3. The second-order valence-electron chi connectivity index (χ2n) is 2.42. The third-order valence-electron chi connectivity index (χ3n) is 1.45. The van der Waals surface area contributed by atoms with E-state index in [0.717, 1.165) is 0 Å². The van der Waals surface area contributed by atoms with E-state index in [0.29, 0.717) is 18.8 Å². The molecule has 0 saturated carbocycles. The molecule has 0 bridgehead atoms. The molecule has 1 heterocycles. The average molecular weight is 239 g/mol. The van der Waals surface area contributed by atoms with E-state index in [1.807, 2.05) is 6.07 Å². The quantitative estimate of drug-likeness (QED) is 0.743. The lowest BCUT2D eigenvalue weighted by Crippen LogP contribution is -2.09. The number of hydrogen-bond acceptors (Lipinski definition) is 2. The Morgan fingerprint density at radius 1 is 1.54 bits per heavy atom. The number of aryl methyl sites for hydroxylation is 1. The lowest BCUT2D eigenvalue weighted by Gasteiger charge is -2.10. The summed E-state index contributed by atoms with van der Waals surface area (Å²) in [5, 5.41) is 8.60. The minimum Gasteiger partial charge on any atom is -0.322 e. The van der Waals surface area contributed by atoms with Crippen molar-refractivity contribution in [3.8, 4) is 6.07 Å². The van der Waals surface area contributed by atoms with E-state index >= 15 is 0 Å². The van der Waals surface area contributed by atoms with E-state index in [-0.39, 0.29) is 0 Å². The molecular formula is C7H6Cl3N3. The summed E-state index contributed by atoms with van der Waals surface area (Å²) in [6.45, 7) is 0.472. The minimum atomic E-state index is -1.28. The van der Waals surface area contributed by atoms with Gasteiger partial charge in [0.2, 0.25) is 5.82 Å². The summed E-state index contributed by atoms with van der Waals surface area (Å²) in [6, 6.07) is 1.93. The van der Waals surface area contributed by atoms with Gasteiger partial charge in [-0.05, 0) is 0 Å². The lowest BCUT2D eigenvalue weighted by molar-refractivity contribution is 0.645. The van der Waals surface area contributed by atoms with Gasteiger partial charge in [-0.1, -0.05) is 34.8 Å². The first kappa shape index (κ1) is 10.6. The van der Waals surface area contributed by atoms with E-state index in [1.54, 1.807) is 10.8 Å². The number of aromatic nitrogens is 2. The van der Waals surface area contributed by atoms with Crippen molar-refractivity contribution in [3.63, 3.8) is 0 Å². The van der Waals surface area contributed by atoms with Crippen molar-refractivity contribution in [2.24, 2.45) is 0 Å². The maximum atomic E-state index is 8.60. The first-order chi connectivity index (χ1) is 6.03. The van der Waals surface area contributed by atoms with Gasteiger partial charge < -0.3 is 4.57 Å². The zero-order valence-electron chi connectivity index (χ0n) is 6.54. The number of nitriles is 1. The van der Waals surface area contributed by atoms with Crippen LogP contribution in [0.25, 0.3) is 0 Å². The number of alkyl halides is 3. The second kappa shape index (κ2) is 4.19. The number of rotatable bonds is 2. The van der Waals surface area contributed by atoms with Crippen LogP contribution in [0.2, 0.25) is 0 Å². The van der Waals surface area contributed by atoms with Crippen molar-refractivity contribution in [1.82, 2.24) is 9.55 Å². The average Bonchev–Trinajstić information content (AvgIpc) is 2.46. The summed E-state index contributed by atoms with van der Waals surface area (Å²) in [5.41, 5.74) is 0. The van der Waals surface area contributed by atoms with Gasteiger partial charge in [-0.25, -0.2) is 4.98 Å². The summed E-state index contributed by atoms with van der Waals surface area (Å²) in [4.78, 5) is 3.81. The molecule has 1 rings (SSSR count). The fourth-order valence-electron chi connectivity index (χ4n) is 0.850. The minimum absolute atomic E-state index is 0.328. The maximum absolute atomic E-state index is 8.60. The fraction of sp³-hybridized carbons (Fsp3) is 0.429. The third-order valence-corrected chi connectivity index (χ3v) is 2.02. The van der Waals surface area contributed by atoms with Crippen LogP contribution in [-0.2, 0) is 6.54 Å². The Kier molecular flexibility index (Phi) is 3.43. The smallest absolute Gasteiger partial charge is 0.212 e. The molecule has 0 radical (unpaired) electrons. The molecule has 0 aliphatic carbocycles. The highest BCUT2D eigenvalue weighted by Crippen LogP contribution is 2.30. The van der Waals surface area contributed by atoms with E-state index in [9.17, 15) is 0 Å². The standard InChI is InChI=1S/C7H6Cl3N3/c8-7(9,10)1-3-13-4-2-12-6(13)5-11/h2,4H,1,3H2. The molecule has 0 fully saturated rings. The molecule has 0 atom stereocenters. The van der Waals surface area contributed by atoms with Gasteiger partial charge in [-0.3, -0.25) is 0 Å². The van der Waals surface area contributed by atoms with Crippen molar-refractivity contribution in [1.29, 1.82) is 5.26 Å². The summed E-state index contributed by atoms with van der Waals surface area (Å²) in [6.07, 6.45) is 3.56.